The second-order valence-electron chi connectivity index (χ2n) is 6.46. The highest BCUT2D eigenvalue weighted by Gasteiger charge is 2.23. The lowest BCUT2D eigenvalue weighted by atomic mass is 10.1. The molecule has 0 spiro atoms. The number of carbonyl (C=O) groups is 2. The van der Waals surface area contributed by atoms with E-state index < -0.39 is 28.0 Å². The SMILES string of the molecule is COc1ccc(NS(=O)(=O)c2ccc(C(=O)O[C@@H](C(N)=O)c3ccccc3)cc2)cc1. The highest BCUT2D eigenvalue weighted by Crippen LogP contribution is 2.22. The maximum Gasteiger partial charge on any atom is 0.339 e. The molecule has 0 aliphatic heterocycles. The van der Waals surface area contributed by atoms with E-state index in [1.165, 1.54) is 31.4 Å². The lowest BCUT2D eigenvalue weighted by Gasteiger charge is -2.15. The Hall–Kier alpha value is -3.85. The molecule has 0 bridgehead atoms. The summed E-state index contributed by atoms with van der Waals surface area (Å²) in [5.41, 5.74) is 6.22. The van der Waals surface area contributed by atoms with Crippen LogP contribution in [0.3, 0.4) is 0 Å². The minimum Gasteiger partial charge on any atom is -0.497 e. The minimum atomic E-state index is -3.87. The first kappa shape index (κ1) is 21.8. The average Bonchev–Trinajstić information content (AvgIpc) is 2.78. The smallest absolute Gasteiger partial charge is 0.339 e. The summed E-state index contributed by atoms with van der Waals surface area (Å²) in [7, 11) is -2.36. The molecule has 0 aliphatic rings. The summed E-state index contributed by atoms with van der Waals surface area (Å²) in [6.45, 7) is 0. The lowest BCUT2D eigenvalue weighted by Crippen LogP contribution is -2.26. The standard InChI is InChI=1S/C22H20N2O6S/c1-29-18-11-9-17(10-12-18)24-31(27,28)19-13-7-16(8-14-19)22(26)30-20(21(23)25)15-5-3-2-4-6-15/h2-14,20,24H,1H3,(H2,23,25)/t20-/m1/s1. The molecule has 31 heavy (non-hydrogen) atoms. The molecule has 3 aromatic rings. The molecule has 160 valence electrons. The molecular weight excluding hydrogens is 420 g/mol. The Morgan fingerprint density at radius 3 is 2.06 bits per heavy atom. The van der Waals surface area contributed by atoms with Gasteiger partial charge in [0.2, 0.25) is 6.10 Å². The summed E-state index contributed by atoms with van der Waals surface area (Å²) >= 11 is 0. The number of sulfonamides is 1. The molecule has 3 N–H and O–H groups in total. The Morgan fingerprint density at radius 2 is 1.52 bits per heavy atom. The van der Waals surface area contributed by atoms with Crippen molar-refractivity contribution in [3.63, 3.8) is 0 Å². The molecular formula is C22H20N2O6S. The molecule has 0 aromatic heterocycles. The summed E-state index contributed by atoms with van der Waals surface area (Å²) in [5.74, 6) is -1.03. The Balaban J connectivity index is 1.73. The van der Waals surface area contributed by atoms with Gasteiger partial charge >= 0.3 is 5.97 Å². The predicted octanol–water partition coefficient (Wildman–Crippen LogP) is 2.88. The van der Waals surface area contributed by atoms with Gasteiger partial charge in [0.25, 0.3) is 15.9 Å². The number of ether oxygens (including phenoxy) is 2. The van der Waals surface area contributed by atoms with Crippen LogP contribution in [-0.4, -0.2) is 27.4 Å². The topological polar surface area (TPSA) is 125 Å². The normalized spacial score (nSPS) is 11.9. The Labute approximate surface area is 179 Å². The van der Waals surface area contributed by atoms with Crippen LogP contribution in [-0.2, 0) is 19.6 Å². The number of esters is 1. The third kappa shape index (κ3) is 5.40. The van der Waals surface area contributed by atoms with Gasteiger partial charge in [0.1, 0.15) is 5.75 Å². The number of carbonyl (C=O) groups excluding carboxylic acids is 2. The van der Waals surface area contributed by atoms with Gasteiger partial charge in [0.15, 0.2) is 0 Å². The number of hydrogen-bond donors (Lipinski definition) is 2. The second kappa shape index (κ2) is 9.31. The van der Waals surface area contributed by atoms with E-state index in [0.29, 0.717) is 17.0 Å². The van der Waals surface area contributed by atoms with Gasteiger partial charge < -0.3 is 15.2 Å². The predicted molar refractivity (Wildman–Crippen MR) is 114 cm³/mol. The van der Waals surface area contributed by atoms with Crippen LogP contribution in [0, 0.1) is 0 Å². The van der Waals surface area contributed by atoms with E-state index in [9.17, 15) is 18.0 Å². The largest absolute Gasteiger partial charge is 0.497 e. The zero-order valence-corrected chi connectivity index (χ0v) is 17.3. The van der Waals surface area contributed by atoms with Gasteiger partial charge in [-0.25, -0.2) is 13.2 Å². The number of benzene rings is 3. The van der Waals surface area contributed by atoms with E-state index >= 15 is 0 Å². The number of hydrogen-bond acceptors (Lipinski definition) is 6. The van der Waals surface area contributed by atoms with Crippen molar-refractivity contribution in [1.29, 1.82) is 0 Å². The van der Waals surface area contributed by atoms with Gasteiger partial charge in [-0.1, -0.05) is 30.3 Å². The van der Waals surface area contributed by atoms with Crippen LogP contribution in [0.1, 0.15) is 22.0 Å². The molecule has 1 amide bonds. The number of amides is 1. The van der Waals surface area contributed by atoms with E-state index in [2.05, 4.69) is 4.72 Å². The van der Waals surface area contributed by atoms with Crippen molar-refractivity contribution in [2.45, 2.75) is 11.0 Å². The molecule has 1 atom stereocenters. The van der Waals surface area contributed by atoms with Crippen LogP contribution in [0.15, 0.2) is 83.8 Å². The number of nitrogens with one attached hydrogen (secondary N) is 1. The van der Waals surface area contributed by atoms with Crippen molar-refractivity contribution < 1.29 is 27.5 Å². The molecule has 0 unspecified atom stereocenters. The monoisotopic (exact) mass is 440 g/mol. The zero-order valence-electron chi connectivity index (χ0n) is 16.5. The van der Waals surface area contributed by atoms with Gasteiger partial charge in [-0.3, -0.25) is 9.52 Å². The molecule has 3 rings (SSSR count). The first-order valence-corrected chi connectivity index (χ1v) is 10.6. The zero-order chi connectivity index (χ0) is 22.4. The lowest BCUT2D eigenvalue weighted by molar-refractivity contribution is -0.127. The van der Waals surface area contributed by atoms with E-state index in [1.807, 2.05) is 0 Å². The van der Waals surface area contributed by atoms with Crippen molar-refractivity contribution in [3.8, 4) is 5.75 Å². The molecule has 0 radical (unpaired) electrons. The summed E-state index contributed by atoms with van der Waals surface area (Å²) < 4.78 is 37.9. The molecule has 9 heteroatoms. The van der Waals surface area contributed by atoms with Crippen molar-refractivity contribution in [1.82, 2.24) is 0 Å². The Morgan fingerprint density at radius 1 is 0.903 bits per heavy atom. The molecule has 0 heterocycles. The Bertz CT molecular complexity index is 1160. The van der Waals surface area contributed by atoms with Crippen LogP contribution < -0.4 is 15.2 Å². The molecule has 0 saturated heterocycles. The van der Waals surface area contributed by atoms with Gasteiger partial charge in [-0.15, -0.1) is 0 Å². The maximum absolute atomic E-state index is 12.6. The summed E-state index contributed by atoms with van der Waals surface area (Å²) in [5, 5.41) is 0. The third-order valence-electron chi connectivity index (χ3n) is 4.33. The van der Waals surface area contributed by atoms with Crippen LogP contribution in [0.5, 0.6) is 5.75 Å². The first-order chi connectivity index (χ1) is 14.8. The van der Waals surface area contributed by atoms with Crippen molar-refractivity contribution in [2.24, 2.45) is 5.73 Å². The van der Waals surface area contributed by atoms with Gasteiger partial charge in [-0.2, -0.15) is 0 Å². The Kier molecular flexibility index (Phi) is 6.56. The summed E-state index contributed by atoms with van der Waals surface area (Å²) in [6.07, 6.45) is -1.26. The van der Waals surface area contributed by atoms with Crippen LogP contribution in [0.2, 0.25) is 0 Å². The fourth-order valence-electron chi connectivity index (χ4n) is 2.74. The van der Waals surface area contributed by atoms with Crippen molar-refractivity contribution in [2.75, 3.05) is 11.8 Å². The highest BCUT2D eigenvalue weighted by molar-refractivity contribution is 7.92. The summed E-state index contributed by atoms with van der Waals surface area (Å²) in [6, 6.07) is 19.9. The fraction of sp³-hybridized carbons (Fsp3) is 0.0909. The quantitative estimate of drug-likeness (QED) is 0.519. The highest BCUT2D eigenvalue weighted by atomic mass is 32.2. The maximum atomic E-state index is 12.6. The average molecular weight is 440 g/mol. The van der Waals surface area contributed by atoms with Crippen LogP contribution in [0.4, 0.5) is 5.69 Å². The van der Waals surface area contributed by atoms with Crippen molar-refractivity contribution >= 4 is 27.6 Å². The van der Waals surface area contributed by atoms with E-state index in [1.54, 1.807) is 54.6 Å². The number of primary amides is 1. The van der Waals surface area contributed by atoms with Crippen molar-refractivity contribution in [3.05, 3.63) is 90.0 Å². The molecule has 8 nitrogen and oxygen atoms in total. The van der Waals surface area contributed by atoms with Crippen LogP contribution >= 0.6 is 0 Å². The molecule has 0 saturated carbocycles. The number of anilines is 1. The second-order valence-corrected chi connectivity index (χ2v) is 8.14. The summed E-state index contributed by atoms with van der Waals surface area (Å²) in [4.78, 5) is 24.1. The van der Waals surface area contributed by atoms with Gasteiger partial charge in [0.05, 0.1) is 17.6 Å². The molecule has 0 fully saturated rings. The minimum absolute atomic E-state index is 0.0469. The van der Waals surface area contributed by atoms with E-state index in [-0.39, 0.29) is 10.5 Å². The molecule has 0 aliphatic carbocycles. The third-order valence-corrected chi connectivity index (χ3v) is 5.73. The van der Waals surface area contributed by atoms with E-state index in [0.717, 1.165) is 0 Å². The van der Waals surface area contributed by atoms with E-state index in [4.69, 9.17) is 15.2 Å². The number of methoxy groups -OCH3 is 1. The van der Waals surface area contributed by atoms with Crippen LogP contribution in [0.25, 0.3) is 0 Å². The number of nitrogens with two attached hydrogens (primary N) is 1. The molecule has 3 aromatic carbocycles. The van der Waals surface area contributed by atoms with Gasteiger partial charge in [-0.05, 0) is 48.5 Å². The van der Waals surface area contributed by atoms with Gasteiger partial charge in [0, 0.05) is 11.3 Å². The number of rotatable bonds is 8. The first-order valence-electron chi connectivity index (χ1n) is 9.12. The fourth-order valence-corrected chi connectivity index (χ4v) is 3.80.